The molecule has 0 bridgehead atoms. The fourth-order valence-corrected chi connectivity index (χ4v) is 12.1. The molecule has 0 fully saturated rings. The van der Waals surface area contributed by atoms with Gasteiger partial charge < -0.3 is 33.8 Å². The number of hydrogen-bond donors (Lipinski definition) is 3. The lowest BCUT2D eigenvalue weighted by atomic mass is 9.99. The van der Waals surface area contributed by atoms with Gasteiger partial charge in [0.25, 0.3) is 0 Å². The number of esters is 4. The number of aliphatic hydroxyl groups excluding tert-OH is 1. The van der Waals surface area contributed by atoms with Gasteiger partial charge in [-0.1, -0.05) is 305 Å². The van der Waals surface area contributed by atoms with Crippen LogP contribution >= 0.6 is 15.6 Å². The summed E-state index contributed by atoms with van der Waals surface area (Å²) in [6.07, 6.45) is 47.1. The first-order valence-electron chi connectivity index (χ1n) is 36.5. The number of carbonyl (C=O) groups is 4. The Balaban J connectivity index is 5.24. The van der Waals surface area contributed by atoms with Crippen LogP contribution in [-0.4, -0.2) is 96.7 Å². The average Bonchev–Trinajstić information content (AvgIpc) is 3.71. The van der Waals surface area contributed by atoms with Crippen LogP contribution in [0.25, 0.3) is 0 Å². The molecule has 17 nitrogen and oxygen atoms in total. The molecule has 3 unspecified atom stereocenters. The van der Waals surface area contributed by atoms with Gasteiger partial charge in [0, 0.05) is 25.7 Å². The minimum Gasteiger partial charge on any atom is -0.462 e. The highest BCUT2D eigenvalue weighted by Crippen LogP contribution is 2.45. The molecule has 19 heteroatoms. The van der Waals surface area contributed by atoms with Crippen molar-refractivity contribution in [2.75, 3.05) is 39.6 Å². The van der Waals surface area contributed by atoms with E-state index in [1.807, 2.05) is 0 Å². The average molecular weight is 1310 g/mol. The Labute approximate surface area is 543 Å². The van der Waals surface area contributed by atoms with Crippen LogP contribution in [0.5, 0.6) is 0 Å². The van der Waals surface area contributed by atoms with Gasteiger partial charge in [-0.05, 0) is 37.5 Å². The first kappa shape index (κ1) is 87.1. The minimum atomic E-state index is -4.95. The molecule has 89 heavy (non-hydrogen) atoms. The van der Waals surface area contributed by atoms with Crippen LogP contribution in [0.15, 0.2) is 0 Å². The summed E-state index contributed by atoms with van der Waals surface area (Å²) in [6, 6.07) is 0. The molecule has 0 spiro atoms. The van der Waals surface area contributed by atoms with Gasteiger partial charge in [0.1, 0.15) is 19.3 Å². The second-order valence-electron chi connectivity index (χ2n) is 26.0. The summed E-state index contributed by atoms with van der Waals surface area (Å²) in [5.74, 6) is -0.570. The van der Waals surface area contributed by atoms with Gasteiger partial charge in [0.2, 0.25) is 0 Å². The maximum atomic E-state index is 13.0. The van der Waals surface area contributed by atoms with E-state index in [2.05, 4.69) is 41.5 Å². The number of hydrogen-bond acceptors (Lipinski definition) is 15. The van der Waals surface area contributed by atoms with Crippen LogP contribution in [0.4, 0.5) is 0 Å². The molecule has 0 radical (unpaired) electrons. The summed E-state index contributed by atoms with van der Waals surface area (Å²) in [5.41, 5.74) is 0. The molecule has 0 saturated heterocycles. The molecule has 0 amide bonds. The van der Waals surface area contributed by atoms with Gasteiger partial charge in [-0.15, -0.1) is 0 Å². The highest BCUT2D eigenvalue weighted by molar-refractivity contribution is 7.47. The summed E-state index contributed by atoms with van der Waals surface area (Å²) >= 11 is 0. The molecule has 0 heterocycles. The SMILES string of the molecule is CCCCCCCCCCCCCCCCC(=O)OC[C@H](COP(=O)(O)OC[C@@H](O)COP(=O)(O)OC[C@@H](COC(=O)CCCCCCCCCC)OC(=O)CCCCCCCCCCCCC(C)C)OC(=O)CCCCCCCCCCCCC(C)CC. The number of phosphoric acid groups is 2. The molecule has 6 atom stereocenters. The molecule has 0 aliphatic carbocycles. The minimum absolute atomic E-state index is 0.106. The second kappa shape index (κ2) is 62.2. The molecular formula is C70H136O17P2. The highest BCUT2D eigenvalue weighted by Gasteiger charge is 2.30. The Morgan fingerprint density at radius 2 is 0.573 bits per heavy atom. The van der Waals surface area contributed by atoms with E-state index in [9.17, 15) is 43.2 Å². The molecular weight excluding hydrogens is 1170 g/mol. The summed E-state index contributed by atoms with van der Waals surface area (Å²) in [6.45, 7) is 9.54. The summed E-state index contributed by atoms with van der Waals surface area (Å²) in [7, 11) is -9.90. The predicted molar refractivity (Wildman–Crippen MR) is 358 cm³/mol. The van der Waals surface area contributed by atoms with Crippen molar-refractivity contribution in [2.45, 2.75) is 374 Å². The highest BCUT2D eigenvalue weighted by atomic mass is 31.2. The van der Waals surface area contributed by atoms with E-state index in [1.165, 1.54) is 167 Å². The lowest BCUT2D eigenvalue weighted by Gasteiger charge is -2.21. The first-order chi connectivity index (χ1) is 42.9. The van der Waals surface area contributed by atoms with Crippen LogP contribution in [0.1, 0.15) is 356 Å². The van der Waals surface area contributed by atoms with Crippen molar-refractivity contribution in [1.29, 1.82) is 0 Å². The van der Waals surface area contributed by atoms with E-state index in [0.29, 0.717) is 25.7 Å². The Hall–Kier alpha value is -1.94. The second-order valence-corrected chi connectivity index (χ2v) is 28.9. The topological polar surface area (TPSA) is 237 Å². The van der Waals surface area contributed by atoms with Crippen molar-refractivity contribution in [3.8, 4) is 0 Å². The zero-order valence-corrected chi connectivity index (χ0v) is 59.5. The number of carbonyl (C=O) groups excluding carboxylic acids is 4. The van der Waals surface area contributed by atoms with Gasteiger partial charge in [-0.2, -0.15) is 0 Å². The summed E-state index contributed by atoms with van der Waals surface area (Å²) in [4.78, 5) is 72.5. The number of rotatable bonds is 69. The normalized spacial score (nSPS) is 14.4. The van der Waals surface area contributed by atoms with E-state index in [0.717, 1.165) is 108 Å². The Morgan fingerprint density at radius 3 is 0.854 bits per heavy atom. The molecule has 0 aromatic carbocycles. The molecule has 0 rings (SSSR count). The monoisotopic (exact) mass is 1310 g/mol. The van der Waals surface area contributed by atoms with E-state index < -0.39 is 97.5 Å². The lowest BCUT2D eigenvalue weighted by molar-refractivity contribution is -0.161. The largest absolute Gasteiger partial charge is 0.472 e. The maximum absolute atomic E-state index is 13.0. The third kappa shape index (κ3) is 63.2. The van der Waals surface area contributed by atoms with Gasteiger partial charge in [-0.25, -0.2) is 9.13 Å². The summed E-state index contributed by atoms with van der Waals surface area (Å²) in [5, 5.41) is 10.6. The number of phosphoric ester groups is 2. The molecule has 3 N–H and O–H groups in total. The smallest absolute Gasteiger partial charge is 0.462 e. The van der Waals surface area contributed by atoms with Crippen molar-refractivity contribution in [1.82, 2.24) is 0 Å². The molecule has 0 saturated carbocycles. The van der Waals surface area contributed by atoms with E-state index >= 15 is 0 Å². The van der Waals surface area contributed by atoms with Gasteiger partial charge in [0.15, 0.2) is 12.2 Å². The molecule has 528 valence electrons. The molecule has 0 aliphatic heterocycles. The number of unbranched alkanes of at least 4 members (excludes halogenated alkanes) is 38. The first-order valence-corrected chi connectivity index (χ1v) is 39.5. The number of ether oxygens (including phenoxy) is 4. The van der Waals surface area contributed by atoms with Gasteiger partial charge in [-0.3, -0.25) is 37.3 Å². The van der Waals surface area contributed by atoms with E-state index in [4.69, 9.17) is 37.0 Å². The number of aliphatic hydroxyl groups is 1. The van der Waals surface area contributed by atoms with E-state index in [1.54, 1.807) is 0 Å². The standard InChI is InChI=1S/C70H136O17P2/c1-7-10-12-14-16-18-19-20-21-22-29-35-41-47-53-68(73)81-59-66(87-70(75)55-49-43-37-31-26-24-28-33-39-45-51-63(6)9-3)61-85-89(78,79)83-57-64(71)56-82-88(76,77)84-60-65(58-80-67(72)52-46-40-34-17-15-13-11-8-2)86-69(74)54-48-42-36-30-25-23-27-32-38-44-50-62(4)5/h62-66,71H,7-61H2,1-6H3,(H,76,77)(H,78,79)/t63?,64-,65+,66+/m0/s1. The van der Waals surface area contributed by atoms with Crippen LogP contribution < -0.4 is 0 Å². The zero-order valence-electron chi connectivity index (χ0n) is 57.7. The lowest BCUT2D eigenvalue weighted by Crippen LogP contribution is -2.30. The van der Waals surface area contributed by atoms with Crippen LogP contribution in [0.3, 0.4) is 0 Å². The molecule has 0 aliphatic rings. The molecule has 0 aromatic rings. The van der Waals surface area contributed by atoms with Crippen LogP contribution in [0, 0.1) is 11.8 Å². The maximum Gasteiger partial charge on any atom is 0.472 e. The summed E-state index contributed by atoms with van der Waals surface area (Å²) < 4.78 is 68.2. The predicted octanol–water partition coefficient (Wildman–Crippen LogP) is 20.0. The van der Waals surface area contributed by atoms with Crippen molar-refractivity contribution >= 4 is 39.5 Å². The van der Waals surface area contributed by atoms with Crippen LogP contribution in [0.2, 0.25) is 0 Å². The van der Waals surface area contributed by atoms with Gasteiger partial charge >= 0.3 is 39.5 Å². The molecule has 0 aromatic heterocycles. The van der Waals surface area contributed by atoms with Gasteiger partial charge in [0.05, 0.1) is 26.4 Å². The third-order valence-electron chi connectivity index (χ3n) is 16.6. The zero-order chi connectivity index (χ0) is 65.7. The quantitative estimate of drug-likeness (QED) is 0.0222. The Morgan fingerprint density at radius 1 is 0.326 bits per heavy atom. The third-order valence-corrected chi connectivity index (χ3v) is 18.5. The Kier molecular flexibility index (Phi) is 60.8. The Bertz CT molecular complexity index is 1740. The fourth-order valence-electron chi connectivity index (χ4n) is 10.6. The van der Waals surface area contributed by atoms with Crippen molar-refractivity contribution in [2.24, 2.45) is 11.8 Å². The van der Waals surface area contributed by atoms with Crippen molar-refractivity contribution in [3.63, 3.8) is 0 Å². The van der Waals surface area contributed by atoms with Crippen LogP contribution in [-0.2, 0) is 65.4 Å². The van der Waals surface area contributed by atoms with Crippen molar-refractivity contribution < 1.29 is 80.2 Å². The fraction of sp³-hybridized carbons (Fsp3) is 0.943. The van der Waals surface area contributed by atoms with Crippen molar-refractivity contribution in [3.05, 3.63) is 0 Å². The van der Waals surface area contributed by atoms with E-state index in [-0.39, 0.29) is 25.7 Å².